The fraction of sp³-hybridized carbons (Fsp3) is 0.391. The van der Waals surface area contributed by atoms with Crippen molar-refractivity contribution in [1.29, 1.82) is 0 Å². The number of methoxy groups -OCH3 is 1. The fourth-order valence-electron chi connectivity index (χ4n) is 3.46. The predicted octanol–water partition coefficient (Wildman–Crippen LogP) is 2.64. The second-order valence-electron chi connectivity index (χ2n) is 7.55. The number of hydrogen-bond donors (Lipinski definition) is 1. The average molecular weight is 396 g/mol. The quantitative estimate of drug-likeness (QED) is 0.817. The molecule has 3 rings (SSSR count). The monoisotopic (exact) mass is 395 g/mol. The molecule has 1 saturated heterocycles. The standard InChI is InChI=1S/C23H29N3O3/c1-17-4-8-20(9-5-17)24-22(27)16-25-10-12-26(13-11-25)23(28)15-19-7-6-18(2)21(14-19)29-3/h4-9,14H,10-13,15-16H2,1-3H3,(H,24,27). The van der Waals surface area contributed by atoms with Gasteiger partial charge in [-0.2, -0.15) is 0 Å². The molecule has 0 unspecified atom stereocenters. The van der Waals surface area contributed by atoms with Crippen LogP contribution in [0, 0.1) is 13.8 Å². The first kappa shape index (κ1) is 20.9. The molecule has 29 heavy (non-hydrogen) atoms. The molecule has 154 valence electrons. The molecule has 6 nitrogen and oxygen atoms in total. The molecule has 1 N–H and O–H groups in total. The molecule has 2 aromatic rings. The minimum Gasteiger partial charge on any atom is -0.496 e. The highest BCUT2D eigenvalue weighted by molar-refractivity contribution is 5.92. The molecule has 0 spiro atoms. The van der Waals surface area contributed by atoms with Gasteiger partial charge in [0.05, 0.1) is 20.1 Å². The van der Waals surface area contributed by atoms with E-state index in [1.54, 1.807) is 7.11 Å². The zero-order valence-corrected chi connectivity index (χ0v) is 17.4. The van der Waals surface area contributed by atoms with Crippen molar-refractivity contribution < 1.29 is 14.3 Å². The van der Waals surface area contributed by atoms with Gasteiger partial charge in [-0.15, -0.1) is 0 Å². The smallest absolute Gasteiger partial charge is 0.238 e. The third-order valence-electron chi connectivity index (χ3n) is 5.26. The first-order valence-electron chi connectivity index (χ1n) is 9.95. The molecule has 2 amide bonds. The number of aryl methyl sites for hydroxylation is 2. The van der Waals surface area contributed by atoms with Crippen LogP contribution in [0.3, 0.4) is 0 Å². The first-order chi connectivity index (χ1) is 13.9. The van der Waals surface area contributed by atoms with E-state index in [0.29, 0.717) is 39.1 Å². The molecule has 1 aliphatic heterocycles. The van der Waals surface area contributed by atoms with E-state index >= 15 is 0 Å². The highest BCUT2D eigenvalue weighted by Gasteiger charge is 2.22. The van der Waals surface area contributed by atoms with E-state index in [1.807, 2.05) is 61.2 Å². The lowest BCUT2D eigenvalue weighted by Gasteiger charge is -2.34. The van der Waals surface area contributed by atoms with Crippen LogP contribution < -0.4 is 10.1 Å². The van der Waals surface area contributed by atoms with Crippen molar-refractivity contribution in [2.45, 2.75) is 20.3 Å². The van der Waals surface area contributed by atoms with Crippen molar-refractivity contribution in [3.05, 3.63) is 59.2 Å². The van der Waals surface area contributed by atoms with Crippen molar-refractivity contribution in [2.75, 3.05) is 45.2 Å². The van der Waals surface area contributed by atoms with Crippen LogP contribution in [0.1, 0.15) is 16.7 Å². The first-order valence-corrected chi connectivity index (χ1v) is 9.95. The summed E-state index contributed by atoms with van der Waals surface area (Å²) in [6, 6.07) is 13.6. The van der Waals surface area contributed by atoms with Crippen LogP contribution >= 0.6 is 0 Å². The highest BCUT2D eigenvalue weighted by atomic mass is 16.5. The number of rotatable bonds is 6. The maximum atomic E-state index is 12.6. The van der Waals surface area contributed by atoms with Gasteiger partial charge in [-0.05, 0) is 43.2 Å². The number of carbonyl (C=O) groups excluding carboxylic acids is 2. The van der Waals surface area contributed by atoms with Crippen LogP contribution in [0.5, 0.6) is 5.75 Å². The number of nitrogens with zero attached hydrogens (tertiary/aromatic N) is 2. The Morgan fingerprint density at radius 1 is 1.00 bits per heavy atom. The summed E-state index contributed by atoms with van der Waals surface area (Å²) in [5.41, 5.74) is 3.98. The lowest BCUT2D eigenvalue weighted by Crippen LogP contribution is -2.50. The molecule has 0 aliphatic carbocycles. The zero-order chi connectivity index (χ0) is 20.8. The molecule has 0 aromatic heterocycles. The van der Waals surface area contributed by atoms with Gasteiger partial charge in [0.1, 0.15) is 5.75 Å². The molecule has 0 radical (unpaired) electrons. The van der Waals surface area contributed by atoms with Gasteiger partial charge in [0.25, 0.3) is 0 Å². The molecule has 0 atom stereocenters. The molecular formula is C23H29N3O3. The fourth-order valence-corrected chi connectivity index (χ4v) is 3.46. The lowest BCUT2D eigenvalue weighted by atomic mass is 10.1. The number of carbonyl (C=O) groups is 2. The van der Waals surface area contributed by atoms with Gasteiger partial charge < -0.3 is 15.0 Å². The maximum absolute atomic E-state index is 12.6. The third-order valence-corrected chi connectivity index (χ3v) is 5.26. The number of hydrogen-bond acceptors (Lipinski definition) is 4. The van der Waals surface area contributed by atoms with Gasteiger partial charge in [0.2, 0.25) is 11.8 Å². The van der Waals surface area contributed by atoms with Crippen LogP contribution in [0.4, 0.5) is 5.69 Å². The normalized spacial score (nSPS) is 14.5. The van der Waals surface area contributed by atoms with Crippen molar-refractivity contribution >= 4 is 17.5 Å². The van der Waals surface area contributed by atoms with Gasteiger partial charge in [0, 0.05) is 31.9 Å². The van der Waals surface area contributed by atoms with Crippen molar-refractivity contribution in [3.8, 4) is 5.75 Å². The Bertz CT molecular complexity index is 856. The number of amides is 2. The van der Waals surface area contributed by atoms with E-state index in [1.165, 1.54) is 0 Å². The summed E-state index contributed by atoms with van der Waals surface area (Å²) in [6.07, 6.45) is 0.366. The minimum absolute atomic E-state index is 0.0274. The zero-order valence-electron chi connectivity index (χ0n) is 17.4. The Morgan fingerprint density at radius 3 is 2.34 bits per heavy atom. The third kappa shape index (κ3) is 5.81. The predicted molar refractivity (Wildman–Crippen MR) is 114 cm³/mol. The van der Waals surface area contributed by atoms with Crippen LogP contribution in [0.25, 0.3) is 0 Å². The highest BCUT2D eigenvalue weighted by Crippen LogP contribution is 2.20. The molecule has 1 fully saturated rings. The van der Waals surface area contributed by atoms with E-state index in [-0.39, 0.29) is 11.8 Å². The molecule has 1 heterocycles. The van der Waals surface area contributed by atoms with Gasteiger partial charge in [-0.3, -0.25) is 14.5 Å². The number of piperazine rings is 1. The van der Waals surface area contributed by atoms with Gasteiger partial charge in [-0.25, -0.2) is 0 Å². The Balaban J connectivity index is 1.45. The summed E-state index contributed by atoms with van der Waals surface area (Å²) < 4.78 is 5.34. The summed E-state index contributed by atoms with van der Waals surface area (Å²) in [5.74, 6) is 0.889. The molecular weight excluding hydrogens is 366 g/mol. The molecule has 1 aliphatic rings. The summed E-state index contributed by atoms with van der Waals surface area (Å²) in [6.45, 7) is 7.01. The summed E-state index contributed by atoms with van der Waals surface area (Å²) >= 11 is 0. The lowest BCUT2D eigenvalue weighted by molar-refractivity contribution is -0.132. The van der Waals surface area contributed by atoms with Gasteiger partial charge >= 0.3 is 0 Å². The van der Waals surface area contributed by atoms with Crippen molar-refractivity contribution in [2.24, 2.45) is 0 Å². The molecule has 0 bridgehead atoms. The van der Waals surface area contributed by atoms with Gasteiger partial charge in [0.15, 0.2) is 0 Å². The van der Waals surface area contributed by atoms with E-state index < -0.39 is 0 Å². The van der Waals surface area contributed by atoms with E-state index in [9.17, 15) is 9.59 Å². The second-order valence-corrected chi connectivity index (χ2v) is 7.55. The topological polar surface area (TPSA) is 61.9 Å². The minimum atomic E-state index is -0.0274. The Hall–Kier alpha value is -2.86. The number of nitrogens with one attached hydrogen (secondary N) is 1. The maximum Gasteiger partial charge on any atom is 0.238 e. The van der Waals surface area contributed by atoms with Crippen LogP contribution in [0.2, 0.25) is 0 Å². The Kier molecular flexibility index (Phi) is 6.88. The molecule has 0 saturated carbocycles. The number of anilines is 1. The Morgan fingerprint density at radius 2 is 1.69 bits per heavy atom. The van der Waals surface area contributed by atoms with Gasteiger partial charge in [-0.1, -0.05) is 29.8 Å². The van der Waals surface area contributed by atoms with Crippen LogP contribution in [0.15, 0.2) is 42.5 Å². The van der Waals surface area contributed by atoms with Crippen molar-refractivity contribution in [1.82, 2.24) is 9.80 Å². The average Bonchev–Trinajstić information content (AvgIpc) is 2.71. The van der Waals surface area contributed by atoms with E-state index in [4.69, 9.17) is 4.74 Å². The van der Waals surface area contributed by atoms with Crippen LogP contribution in [-0.4, -0.2) is 61.4 Å². The van der Waals surface area contributed by atoms with E-state index in [2.05, 4.69) is 10.2 Å². The number of benzene rings is 2. The summed E-state index contributed by atoms with van der Waals surface area (Å²) in [7, 11) is 1.64. The summed E-state index contributed by atoms with van der Waals surface area (Å²) in [5, 5.41) is 2.93. The molecule has 6 heteroatoms. The van der Waals surface area contributed by atoms with E-state index in [0.717, 1.165) is 28.1 Å². The second kappa shape index (κ2) is 9.56. The summed E-state index contributed by atoms with van der Waals surface area (Å²) in [4.78, 5) is 28.9. The largest absolute Gasteiger partial charge is 0.496 e. The SMILES string of the molecule is COc1cc(CC(=O)N2CCN(CC(=O)Nc3ccc(C)cc3)CC2)ccc1C. The van der Waals surface area contributed by atoms with Crippen LogP contribution in [-0.2, 0) is 16.0 Å². The van der Waals surface area contributed by atoms with Crippen molar-refractivity contribution in [3.63, 3.8) is 0 Å². The number of ether oxygens (including phenoxy) is 1. The molecule has 2 aromatic carbocycles. The Labute approximate surface area is 172 Å².